The van der Waals surface area contributed by atoms with E-state index < -0.39 is 0 Å². The average Bonchev–Trinajstić information content (AvgIpc) is 3.58. The number of ketones is 1. The zero-order chi connectivity index (χ0) is 26.3. The Hall–Kier alpha value is -3.51. The standard InChI is InChI=1S/C32H38N4O2/c1-24(2)21-28(37)14-11-25-7-5-8-27(22-25)30-9-6-10-32-33-31(34-36(30)32)23-26-12-15-29(16-13-26)38-20-19-35-17-3-4-18-35/h5-10,12-13,15-16,22,24H,3-4,11,14,17-21,23H2,1-2H3. The van der Waals surface area contributed by atoms with Crippen LogP contribution < -0.4 is 4.74 Å². The fourth-order valence-electron chi connectivity index (χ4n) is 5.16. The molecule has 0 unspecified atom stereocenters. The van der Waals surface area contributed by atoms with Gasteiger partial charge in [0.05, 0.1) is 5.69 Å². The Labute approximate surface area is 225 Å². The predicted octanol–water partition coefficient (Wildman–Crippen LogP) is 6.01. The van der Waals surface area contributed by atoms with Crippen LogP contribution in [0.3, 0.4) is 0 Å². The highest BCUT2D eigenvalue weighted by Gasteiger charge is 2.12. The molecule has 0 aliphatic carbocycles. The molecule has 198 valence electrons. The molecule has 1 saturated heterocycles. The lowest BCUT2D eigenvalue weighted by atomic mass is 9.99. The first-order valence-electron chi connectivity index (χ1n) is 13.9. The van der Waals surface area contributed by atoms with E-state index in [9.17, 15) is 4.79 Å². The zero-order valence-corrected chi connectivity index (χ0v) is 22.6. The molecule has 0 spiro atoms. The van der Waals surface area contributed by atoms with Crippen LogP contribution in [-0.2, 0) is 17.6 Å². The van der Waals surface area contributed by atoms with Crippen molar-refractivity contribution >= 4 is 11.4 Å². The summed E-state index contributed by atoms with van der Waals surface area (Å²) in [5, 5.41) is 4.85. The molecule has 6 nitrogen and oxygen atoms in total. The first-order valence-corrected chi connectivity index (χ1v) is 13.9. The van der Waals surface area contributed by atoms with Crippen LogP contribution in [0.2, 0.25) is 0 Å². The monoisotopic (exact) mass is 510 g/mol. The number of nitrogens with zero attached hydrogens (tertiary/aromatic N) is 4. The molecule has 0 atom stereocenters. The molecule has 1 fully saturated rings. The van der Waals surface area contributed by atoms with Crippen LogP contribution in [0.1, 0.15) is 56.5 Å². The summed E-state index contributed by atoms with van der Waals surface area (Å²) in [7, 11) is 0. The van der Waals surface area contributed by atoms with Gasteiger partial charge in [0.25, 0.3) is 0 Å². The lowest BCUT2D eigenvalue weighted by Gasteiger charge is -2.14. The number of benzene rings is 2. The summed E-state index contributed by atoms with van der Waals surface area (Å²) in [6.07, 6.45) is 5.26. The number of hydrogen-bond acceptors (Lipinski definition) is 5. The third kappa shape index (κ3) is 6.87. The number of likely N-dealkylation sites (tertiary alicyclic amines) is 1. The van der Waals surface area contributed by atoms with Crippen molar-refractivity contribution < 1.29 is 9.53 Å². The van der Waals surface area contributed by atoms with Gasteiger partial charge in [-0.25, -0.2) is 9.50 Å². The van der Waals surface area contributed by atoms with E-state index in [0.29, 0.717) is 31.0 Å². The van der Waals surface area contributed by atoms with E-state index in [1.54, 1.807) is 0 Å². The van der Waals surface area contributed by atoms with Crippen molar-refractivity contribution in [2.24, 2.45) is 5.92 Å². The number of carbonyl (C=O) groups is 1. The van der Waals surface area contributed by atoms with E-state index in [2.05, 4.69) is 61.2 Å². The number of carbonyl (C=O) groups excluding carboxylic acids is 1. The van der Waals surface area contributed by atoms with Gasteiger partial charge in [0.2, 0.25) is 0 Å². The van der Waals surface area contributed by atoms with E-state index in [0.717, 1.165) is 53.6 Å². The minimum atomic E-state index is 0.329. The van der Waals surface area contributed by atoms with Gasteiger partial charge in [-0.3, -0.25) is 9.69 Å². The van der Waals surface area contributed by atoms with Gasteiger partial charge >= 0.3 is 0 Å². The van der Waals surface area contributed by atoms with Gasteiger partial charge in [0, 0.05) is 31.4 Å². The maximum atomic E-state index is 12.2. The van der Waals surface area contributed by atoms with E-state index in [1.807, 2.05) is 28.8 Å². The van der Waals surface area contributed by atoms with Gasteiger partial charge in [-0.15, -0.1) is 0 Å². The molecular weight excluding hydrogens is 472 g/mol. The third-order valence-electron chi connectivity index (χ3n) is 7.12. The molecule has 0 N–H and O–H groups in total. The SMILES string of the molecule is CC(C)CC(=O)CCc1cccc(-c2cccc3nc(Cc4ccc(OCCN5CCCC5)cc4)nn23)c1. The van der Waals surface area contributed by atoms with Crippen LogP contribution in [0.5, 0.6) is 5.75 Å². The van der Waals surface area contributed by atoms with Crippen molar-refractivity contribution in [3.8, 4) is 17.0 Å². The Kier molecular flexibility index (Phi) is 8.49. The lowest BCUT2D eigenvalue weighted by molar-refractivity contribution is -0.119. The van der Waals surface area contributed by atoms with Crippen LogP contribution in [0.25, 0.3) is 16.9 Å². The number of pyridine rings is 1. The number of ether oxygens (including phenoxy) is 1. The van der Waals surface area contributed by atoms with E-state index in [1.165, 1.54) is 31.5 Å². The highest BCUT2D eigenvalue weighted by Crippen LogP contribution is 2.23. The summed E-state index contributed by atoms with van der Waals surface area (Å²) in [6, 6.07) is 22.8. The second kappa shape index (κ2) is 12.4. The minimum Gasteiger partial charge on any atom is -0.492 e. The number of fused-ring (bicyclic) bond motifs is 1. The maximum absolute atomic E-state index is 12.2. The van der Waals surface area contributed by atoms with E-state index in [-0.39, 0.29) is 0 Å². The van der Waals surface area contributed by atoms with Gasteiger partial charge in [0.1, 0.15) is 18.1 Å². The number of aryl methyl sites for hydroxylation is 1. The van der Waals surface area contributed by atoms with Crippen LogP contribution in [0, 0.1) is 5.92 Å². The Bertz CT molecular complexity index is 1350. The van der Waals surface area contributed by atoms with E-state index >= 15 is 0 Å². The molecule has 2 aromatic carbocycles. The fraction of sp³-hybridized carbons (Fsp3) is 0.406. The van der Waals surface area contributed by atoms with Gasteiger partial charge < -0.3 is 4.74 Å². The second-order valence-electron chi connectivity index (χ2n) is 10.8. The first-order chi connectivity index (χ1) is 18.5. The summed E-state index contributed by atoms with van der Waals surface area (Å²) in [6.45, 7) is 8.29. The normalized spacial score (nSPS) is 14.0. The molecular formula is C32H38N4O2. The molecule has 2 aromatic heterocycles. The average molecular weight is 511 g/mol. The van der Waals surface area contributed by atoms with E-state index in [4.69, 9.17) is 14.8 Å². The van der Waals surface area contributed by atoms with Crippen LogP contribution in [0.15, 0.2) is 66.7 Å². The van der Waals surface area contributed by atoms with Gasteiger partial charge in [0.15, 0.2) is 11.5 Å². The molecule has 3 heterocycles. The van der Waals surface area contributed by atoms with Crippen molar-refractivity contribution in [1.29, 1.82) is 0 Å². The lowest BCUT2D eigenvalue weighted by Crippen LogP contribution is -2.25. The molecule has 0 radical (unpaired) electrons. The van der Waals surface area contributed by atoms with Crippen molar-refractivity contribution in [3.05, 3.63) is 83.7 Å². The number of Topliss-reactive ketones (excluding diaryl/α,β-unsaturated/α-hetero) is 1. The molecule has 4 aromatic rings. The number of rotatable bonds is 12. The molecule has 0 amide bonds. The molecule has 1 aliphatic rings. The predicted molar refractivity (Wildman–Crippen MR) is 152 cm³/mol. The Morgan fingerprint density at radius 1 is 0.974 bits per heavy atom. The second-order valence-corrected chi connectivity index (χ2v) is 10.8. The smallest absolute Gasteiger partial charge is 0.156 e. The summed E-state index contributed by atoms with van der Waals surface area (Å²) in [5.74, 6) is 2.43. The fourth-order valence-corrected chi connectivity index (χ4v) is 5.16. The van der Waals surface area contributed by atoms with Crippen LogP contribution >= 0.6 is 0 Å². The summed E-state index contributed by atoms with van der Waals surface area (Å²) in [4.78, 5) is 19.4. The molecule has 1 aliphatic heterocycles. The van der Waals surface area contributed by atoms with Gasteiger partial charge in [-0.05, 0) is 79.7 Å². The molecule has 0 saturated carbocycles. The quantitative estimate of drug-likeness (QED) is 0.234. The third-order valence-corrected chi connectivity index (χ3v) is 7.12. The van der Waals surface area contributed by atoms with Crippen molar-refractivity contribution in [2.45, 2.75) is 52.4 Å². The topological polar surface area (TPSA) is 59.7 Å². The summed E-state index contributed by atoms with van der Waals surface area (Å²) >= 11 is 0. The highest BCUT2D eigenvalue weighted by atomic mass is 16.5. The minimum absolute atomic E-state index is 0.329. The van der Waals surface area contributed by atoms with Gasteiger partial charge in [-0.2, -0.15) is 5.10 Å². The highest BCUT2D eigenvalue weighted by molar-refractivity contribution is 5.78. The molecule has 5 rings (SSSR count). The van der Waals surface area contributed by atoms with Gasteiger partial charge in [-0.1, -0.05) is 50.2 Å². The summed E-state index contributed by atoms with van der Waals surface area (Å²) < 4.78 is 7.87. The van der Waals surface area contributed by atoms with Crippen LogP contribution in [0.4, 0.5) is 0 Å². The largest absolute Gasteiger partial charge is 0.492 e. The molecule has 38 heavy (non-hydrogen) atoms. The number of hydrogen-bond donors (Lipinski definition) is 0. The van der Waals surface area contributed by atoms with Crippen molar-refractivity contribution in [3.63, 3.8) is 0 Å². The maximum Gasteiger partial charge on any atom is 0.156 e. The zero-order valence-electron chi connectivity index (χ0n) is 22.6. The molecule has 0 bridgehead atoms. The Balaban J connectivity index is 1.24. The number of aromatic nitrogens is 3. The van der Waals surface area contributed by atoms with Crippen molar-refractivity contribution in [2.75, 3.05) is 26.2 Å². The van der Waals surface area contributed by atoms with Crippen molar-refractivity contribution in [1.82, 2.24) is 19.5 Å². The van der Waals surface area contributed by atoms with Crippen LogP contribution in [-0.4, -0.2) is 51.5 Å². The first kappa shape index (κ1) is 26.1. The molecule has 6 heteroatoms. The Morgan fingerprint density at radius 3 is 2.55 bits per heavy atom. The Morgan fingerprint density at radius 2 is 1.76 bits per heavy atom. The summed E-state index contributed by atoms with van der Waals surface area (Å²) in [5.41, 5.74) is 5.23.